The lowest BCUT2D eigenvalue weighted by atomic mass is 9.92. The fraction of sp³-hybridized carbons (Fsp3) is 0.562. The Balaban J connectivity index is 0.00000220. The van der Waals surface area contributed by atoms with E-state index >= 15 is 0 Å². The molecule has 1 aromatic rings. The van der Waals surface area contributed by atoms with Crippen molar-refractivity contribution in [2.45, 2.75) is 32.2 Å². The van der Waals surface area contributed by atoms with Gasteiger partial charge in [-0.1, -0.05) is 18.2 Å². The summed E-state index contributed by atoms with van der Waals surface area (Å²) >= 11 is 0. The fourth-order valence-corrected chi connectivity index (χ4v) is 2.60. The van der Waals surface area contributed by atoms with Crippen LogP contribution in [0.3, 0.4) is 0 Å². The Hall–Kier alpha value is -1.26. The maximum atomic E-state index is 12.0. The number of carbonyl (C=O) groups is 1. The van der Waals surface area contributed by atoms with E-state index in [1.54, 1.807) is 0 Å². The van der Waals surface area contributed by atoms with Gasteiger partial charge in [0.1, 0.15) is 0 Å². The van der Waals surface area contributed by atoms with Gasteiger partial charge < -0.3 is 16.0 Å². The molecule has 2 atom stereocenters. The van der Waals surface area contributed by atoms with Crippen LogP contribution in [0.2, 0.25) is 0 Å². The molecule has 3 N–H and O–H groups in total. The van der Waals surface area contributed by atoms with Crippen molar-refractivity contribution in [1.82, 2.24) is 10.6 Å². The number of para-hydroxylation sites is 1. The first kappa shape index (κ1) is 17.8. The van der Waals surface area contributed by atoms with Gasteiger partial charge in [0.15, 0.2) is 0 Å². The highest BCUT2D eigenvalue weighted by molar-refractivity contribution is 5.85. The van der Waals surface area contributed by atoms with Crippen molar-refractivity contribution >= 4 is 24.0 Å². The number of hydrogen-bond acceptors (Lipinski definition) is 3. The molecule has 4 nitrogen and oxygen atoms in total. The Bertz CT molecular complexity index is 413. The molecule has 0 aliphatic carbocycles. The van der Waals surface area contributed by atoms with Gasteiger partial charge >= 0.3 is 0 Å². The van der Waals surface area contributed by atoms with E-state index in [4.69, 9.17) is 0 Å². The third-order valence-electron chi connectivity index (χ3n) is 3.75. The lowest BCUT2D eigenvalue weighted by Gasteiger charge is -2.27. The molecular weight excluding hydrogens is 286 g/mol. The number of benzene rings is 1. The van der Waals surface area contributed by atoms with E-state index in [0.29, 0.717) is 6.04 Å². The molecule has 1 saturated heterocycles. The topological polar surface area (TPSA) is 53.2 Å². The van der Waals surface area contributed by atoms with Crippen LogP contribution < -0.4 is 16.0 Å². The highest BCUT2D eigenvalue weighted by atomic mass is 35.5. The fourth-order valence-electron chi connectivity index (χ4n) is 2.60. The van der Waals surface area contributed by atoms with Crippen LogP contribution in [0, 0.1) is 5.92 Å². The van der Waals surface area contributed by atoms with Crippen molar-refractivity contribution < 1.29 is 4.79 Å². The molecule has 0 unspecified atom stereocenters. The highest BCUT2D eigenvalue weighted by Crippen LogP contribution is 2.15. The molecule has 1 aromatic carbocycles. The zero-order valence-electron chi connectivity index (χ0n) is 12.6. The van der Waals surface area contributed by atoms with E-state index in [9.17, 15) is 4.79 Å². The monoisotopic (exact) mass is 311 g/mol. The van der Waals surface area contributed by atoms with E-state index in [0.717, 1.165) is 44.6 Å². The summed E-state index contributed by atoms with van der Waals surface area (Å²) in [5, 5.41) is 9.77. The molecule has 1 aliphatic rings. The third kappa shape index (κ3) is 6.36. The van der Waals surface area contributed by atoms with Gasteiger partial charge in [-0.2, -0.15) is 0 Å². The van der Waals surface area contributed by atoms with Crippen molar-refractivity contribution in [3.63, 3.8) is 0 Å². The molecule has 21 heavy (non-hydrogen) atoms. The SMILES string of the molecule is C[C@H]1C[C@@H](C(=O)NCCCNc2ccccc2)CCN1.Cl. The van der Waals surface area contributed by atoms with E-state index in [1.165, 1.54) is 0 Å². The molecule has 1 aliphatic heterocycles. The number of nitrogens with one attached hydrogen (secondary N) is 3. The second-order valence-corrected chi connectivity index (χ2v) is 5.51. The Morgan fingerprint density at radius 3 is 2.76 bits per heavy atom. The van der Waals surface area contributed by atoms with Crippen LogP contribution in [0.5, 0.6) is 0 Å². The van der Waals surface area contributed by atoms with Crippen LogP contribution in [0.15, 0.2) is 30.3 Å². The number of rotatable bonds is 6. The average Bonchev–Trinajstić information content (AvgIpc) is 2.48. The maximum absolute atomic E-state index is 12.0. The van der Waals surface area contributed by atoms with E-state index < -0.39 is 0 Å². The van der Waals surface area contributed by atoms with Crippen molar-refractivity contribution in [1.29, 1.82) is 0 Å². The summed E-state index contributed by atoms with van der Waals surface area (Å²) < 4.78 is 0. The average molecular weight is 312 g/mol. The number of carbonyl (C=O) groups excluding carboxylic acids is 1. The molecule has 1 amide bonds. The summed E-state index contributed by atoms with van der Waals surface area (Å²) in [4.78, 5) is 12.0. The molecule has 2 rings (SSSR count). The number of piperidine rings is 1. The summed E-state index contributed by atoms with van der Waals surface area (Å²) in [5.74, 6) is 0.409. The summed E-state index contributed by atoms with van der Waals surface area (Å²) in [6.45, 7) is 4.72. The summed E-state index contributed by atoms with van der Waals surface area (Å²) in [5.41, 5.74) is 1.13. The molecule has 5 heteroatoms. The first-order valence-electron chi connectivity index (χ1n) is 7.55. The first-order valence-corrected chi connectivity index (χ1v) is 7.55. The number of amides is 1. The quantitative estimate of drug-likeness (QED) is 0.707. The minimum absolute atomic E-state index is 0. The largest absolute Gasteiger partial charge is 0.385 e. The minimum atomic E-state index is 0. The Kier molecular flexibility index (Phi) is 8.16. The molecule has 1 fully saturated rings. The zero-order valence-corrected chi connectivity index (χ0v) is 13.4. The first-order chi connectivity index (χ1) is 9.75. The van der Waals surface area contributed by atoms with Crippen LogP contribution in [0.1, 0.15) is 26.2 Å². The van der Waals surface area contributed by atoms with Crippen LogP contribution in [0.4, 0.5) is 5.69 Å². The highest BCUT2D eigenvalue weighted by Gasteiger charge is 2.23. The number of anilines is 1. The third-order valence-corrected chi connectivity index (χ3v) is 3.75. The molecule has 0 bridgehead atoms. The smallest absolute Gasteiger partial charge is 0.223 e. The predicted molar refractivity (Wildman–Crippen MR) is 90.0 cm³/mol. The maximum Gasteiger partial charge on any atom is 0.223 e. The van der Waals surface area contributed by atoms with Gasteiger partial charge in [0, 0.05) is 30.7 Å². The van der Waals surface area contributed by atoms with Crippen molar-refractivity contribution in [2.75, 3.05) is 25.0 Å². The van der Waals surface area contributed by atoms with Crippen molar-refractivity contribution in [3.8, 4) is 0 Å². The summed E-state index contributed by atoms with van der Waals surface area (Å²) in [6.07, 6.45) is 2.85. The predicted octanol–water partition coefficient (Wildman–Crippen LogP) is 2.41. The molecule has 0 aromatic heterocycles. The van der Waals surface area contributed by atoms with Gasteiger partial charge in [-0.25, -0.2) is 0 Å². The Morgan fingerprint density at radius 2 is 2.05 bits per heavy atom. The van der Waals surface area contributed by atoms with E-state index in [2.05, 4.69) is 35.0 Å². The second kappa shape index (κ2) is 9.64. The van der Waals surface area contributed by atoms with Gasteiger partial charge in [-0.05, 0) is 44.9 Å². The Labute approximate surface area is 133 Å². The second-order valence-electron chi connectivity index (χ2n) is 5.51. The van der Waals surface area contributed by atoms with Gasteiger partial charge in [-0.15, -0.1) is 12.4 Å². The summed E-state index contributed by atoms with van der Waals surface area (Å²) in [6, 6.07) is 10.6. The number of halogens is 1. The number of hydrogen-bond donors (Lipinski definition) is 3. The van der Waals surface area contributed by atoms with E-state index in [-0.39, 0.29) is 24.2 Å². The van der Waals surface area contributed by atoms with Crippen LogP contribution >= 0.6 is 12.4 Å². The minimum Gasteiger partial charge on any atom is -0.385 e. The molecule has 118 valence electrons. The normalized spacial score (nSPS) is 21.2. The standard InChI is InChI=1S/C16H25N3O.ClH/c1-13-12-14(8-11-17-13)16(20)19-10-5-9-18-15-6-3-2-4-7-15;/h2-4,6-7,13-14,17-18H,5,8-12H2,1H3,(H,19,20);1H/t13-,14-;/m0./s1. The molecule has 0 spiro atoms. The molecule has 0 radical (unpaired) electrons. The van der Waals surface area contributed by atoms with Crippen LogP contribution in [-0.4, -0.2) is 31.6 Å². The van der Waals surface area contributed by atoms with Crippen molar-refractivity contribution in [2.24, 2.45) is 5.92 Å². The molecule has 1 heterocycles. The van der Waals surface area contributed by atoms with Gasteiger partial charge in [-0.3, -0.25) is 4.79 Å². The zero-order chi connectivity index (χ0) is 14.2. The van der Waals surface area contributed by atoms with E-state index in [1.807, 2.05) is 18.2 Å². The lowest BCUT2D eigenvalue weighted by Crippen LogP contribution is -2.42. The lowest BCUT2D eigenvalue weighted by molar-refractivity contribution is -0.126. The van der Waals surface area contributed by atoms with Crippen LogP contribution in [-0.2, 0) is 4.79 Å². The van der Waals surface area contributed by atoms with Crippen LogP contribution in [0.25, 0.3) is 0 Å². The van der Waals surface area contributed by atoms with Gasteiger partial charge in [0.05, 0.1) is 0 Å². The van der Waals surface area contributed by atoms with Gasteiger partial charge in [0.25, 0.3) is 0 Å². The van der Waals surface area contributed by atoms with Crippen molar-refractivity contribution in [3.05, 3.63) is 30.3 Å². The molecule has 0 saturated carbocycles. The Morgan fingerprint density at radius 1 is 1.29 bits per heavy atom. The summed E-state index contributed by atoms with van der Waals surface area (Å²) in [7, 11) is 0. The van der Waals surface area contributed by atoms with Gasteiger partial charge in [0.2, 0.25) is 5.91 Å². The molecular formula is C16H26ClN3O.